The molecule has 0 amide bonds. The van der Waals surface area contributed by atoms with Gasteiger partial charge in [-0.25, -0.2) is 8.42 Å². The number of sulfonamides is 1. The highest BCUT2D eigenvalue weighted by Gasteiger charge is 2.36. The topological polar surface area (TPSA) is 81.2 Å². The second-order valence-corrected chi connectivity index (χ2v) is 7.32. The first-order valence-corrected chi connectivity index (χ1v) is 8.13. The van der Waals surface area contributed by atoms with E-state index in [1.54, 1.807) is 10.9 Å². The van der Waals surface area contributed by atoms with E-state index in [-0.39, 0.29) is 10.7 Å². The summed E-state index contributed by atoms with van der Waals surface area (Å²) in [6, 6.07) is 0. The number of anilines is 1. The molecule has 2 atom stereocenters. The molecular weight excluding hydrogens is 264 g/mol. The van der Waals surface area contributed by atoms with Gasteiger partial charge in [0.25, 0.3) is 0 Å². The highest BCUT2D eigenvalue weighted by Crippen LogP contribution is 2.29. The fourth-order valence-electron chi connectivity index (χ4n) is 2.37. The predicted octanol–water partition coefficient (Wildman–Crippen LogP) is 1.15. The summed E-state index contributed by atoms with van der Waals surface area (Å²) in [7, 11) is -3.51. The summed E-state index contributed by atoms with van der Waals surface area (Å²) in [5.74, 6) is 0.851. The molecule has 2 rings (SSSR count). The summed E-state index contributed by atoms with van der Waals surface area (Å²) in [5, 5.41) is 4.06. The molecule has 7 heteroatoms. The zero-order valence-corrected chi connectivity index (χ0v) is 12.5. The van der Waals surface area contributed by atoms with Crippen LogP contribution in [0.1, 0.15) is 27.2 Å². The van der Waals surface area contributed by atoms with Gasteiger partial charge in [-0.3, -0.25) is 4.68 Å². The number of hydrogen-bond acceptors (Lipinski definition) is 4. The lowest BCUT2D eigenvalue weighted by molar-refractivity contribution is 0.463. The number of nitrogens with zero attached hydrogens (tertiary/aromatic N) is 3. The van der Waals surface area contributed by atoms with Gasteiger partial charge in [0, 0.05) is 25.8 Å². The van der Waals surface area contributed by atoms with E-state index in [1.165, 1.54) is 4.31 Å². The lowest BCUT2D eigenvalue weighted by Crippen LogP contribution is -2.29. The molecular formula is C12H22N4O2S. The minimum Gasteiger partial charge on any atom is -0.381 e. The Bertz CT molecular complexity index is 542. The summed E-state index contributed by atoms with van der Waals surface area (Å²) in [6.07, 6.45) is 2.43. The Hall–Kier alpha value is -1.08. The highest BCUT2D eigenvalue weighted by atomic mass is 32.2. The number of aromatic nitrogens is 2. The van der Waals surface area contributed by atoms with Gasteiger partial charge in [-0.2, -0.15) is 9.40 Å². The lowest BCUT2D eigenvalue weighted by Gasteiger charge is -2.14. The van der Waals surface area contributed by atoms with Gasteiger partial charge < -0.3 is 5.73 Å². The molecule has 1 fully saturated rings. The average molecular weight is 286 g/mol. The Balaban J connectivity index is 2.30. The normalized spacial score (nSPS) is 25.0. The van der Waals surface area contributed by atoms with Crippen molar-refractivity contribution in [2.24, 2.45) is 11.8 Å². The Kier molecular flexibility index (Phi) is 3.87. The third-order valence-electron chi connectivity index (χ3n) is 3.78. The van der Waals surface area contributed by atoms with E-state index < -0.39 is 10.0 Å². The Morgan fingerprint density at radius 2 is 1.95 bits per heavy atom. The molecule has 108 valence electrons. The maximum absolute atomic E-state index is 12.6. The molecule has 0 spiro atoms. The molecule has 1 aliphatic heterocycles. The first-order valence-electron chi connectivity index (χ1n) is 6.69. The van der Waals surface area contributed by atoms with Crippen molar-refractivity contribution >= 4 is 15.8 Å². The monoisotopic (exact) mass is 286 g/mol. The van der Waals surface area contributed by atoms with Crippen molar-refractivity contribution in [3.63, 3.8) is 0 Å². The molecule has 1 aromatic rings. The van der Waals surface area contributed by atoms with Gasteiger partial charge in [-0.15, -0.1) is 0 Å². The van der Waals surface area contributed by atoms with Crippen molar-refractivity contribution in [3.8, 4) is 0 Å². The smallest absolute Gasteiger partial charge is 0.248 e. The van der Waals surface area contributed by atoms with E-state index >= 15 is 0 Å². The summed E-state index contributed by atoms with van der Waals surface area (Å²) >= 11 is 0. The van der Waals surface area contributed by atoms with Crippen LogP contribution >= 0.6 is 0 Å². The van der Waals surface area contributed by atoms with E-state index in [2.05, 4.69) is 18.9 Å². The van der Waals surface area contributed by atoms with Gasteiger partial charge in [0.2, 0.25) is 10.0 Å². The van der Waals surface area contributed by atoms with Gasteiger partial charge >= 0.3 is 0 Å². The second kappa shape index (κ2) is 5.13. The van der Waals surface area contributed by atoms with E-state index in [4.69, 9.17) is 5.73 Å². The van der Waals surface area contributed by atoms with Crippen LogP contribution in [-0.2, 0) is 16.6 Å². The summed E-state index contributed by atoms with van der Waals surface area (Å²) in [6.45, 7) is 7.94. The standard InChI is InChI=1S/C12H22N4O2S/c1-4-5-15-8-11(12(13)14-15)19(17,18)16-6-9(2)10(3)7-16/h8-10H,4-7H2,1-3H3,(H2,13,14). The predicted molar refractivity (Wildman–Crippen MR) is 74.0 cm³/mol. The molecule has 19 heavy (non-hydrogen) atoms. The highest BCUT2D eigenvalue weighted by molar-refractivity contribution is 7.89. The summed E-state index contributed by atoms with van der Waals surface area (Å²) < 4.78 is 28.2. The van der Waals surface area contributed by atoms with Crippen LogP contribution in [0, 0.1) is 11.8 Å². The number of nitrogen functional groups attached to an aromatic ring is 1. The van der Waals surface area contributed by atoms with Crippen LogP contribution < -0.4 is 5.73 Å². The molecule has 6 nitrogen and oxygen atoms in total. The van der Waals surface area contributed by atoms with E-state index in [0.717, 1.165) is 6.42 Å². The molecule has 2 N–H and O–H groups in total. The number of aryl methyl sites for hydroxylation is 1. The molecule has 0 aliphatic carbocycles. The molecule has 2 unspecified atom stereocenters. The van der Waals surface area contributed by atoms with Crippen molar-refractivity contribution in [3.05, 3.63) is 6.20 Å². The number of nitrogens with two attached hydrogens (primary N) is 1. The molecule has 2 heterocycles. The SMILES string of the molecule is CCCn1cc(S(=O)(=O)N2CC(C)C(C)C2)c(N)n1. The zero-order valence-electron chi connectivity index (χ0n) is 11.7. The van der Waals surface area contributed by atoms with Gasteiger partial charge in [0.05, 0.1) is 0 Å². The van der Waals surface area contributed by atoms with Crippen LogP contribution in [0.5, 0.6) is 0 Å². The maximum Gasteiger partial charge on any atom is 0.248 e. The Labute approximate surface area is 114 Å². The molecule has 1 aromatic heterocycles. The van der Waals surface area contributed by atoms with Crippen molar-refractivity contribution < 1.29 is 8.42 Å². The molecule has 0 radical (unpaired) electrons. The van der Waals surface area contributed by atoms with Crippen molar-refractivity contribution in [2.45, 2.75) is 38.6 Å². The fourth-order valence-corrected chi connectivity index (χ4v) is 4.07. The zero-order chi connectivity index (χ0) is 14.2. The van der Waals surface area contributed by atoms with Crippen molar-refractivity contribution in [2.75, 3.05) is 18.8 Å². The van der Waals surface area contributed by atoms with Crippen LogP contribution in [0.15, 0.2) is 11.1 Å². The first kappa shape index (κ1) is 14.3. The third-order valence-corrected chi connectivity index (χ3v) is 5.63. The van der Waals surface area contributed by atoms with E-state index in [9.17, 15) is 8.42 Å². The number of hydrogen-bond donors (Lipinski definition) is 1. The third kappa shape index (κ3) is 2.62. The fraction of sp³-hybridized carbons (Fsp3) is 0.750. The minimum atomic E-state index is -3.51. The largest absolute Gasteiger partial charge is 0.381 e. The van der Waals surface area contributed by atoms with E-state index in [1.807, 2.05) is 6.92 Å². The van der Waals surface area contributed by atoms with Crippen LogP contribution in [0.3, 0.4) is 0 Å². The van der Waals surface area contributed by atoms with Gasteiger partial charge in [0.15, 0.2) is 5.82 Å². The summed E-state index contributed by atoms with van der Waals surface area (Å²) in [5.41, 5.74) is 5.76. The average Bonchev–Trinajstić information content (AvgIpc) is 2.85. The quantitative estimate of drug-likeness (QED) is 0.900. The second-order valence-electron chi connectivity index (χ2n) is 5.42. The molecule has 0 saturated carbocycles. The Morgan fingerprint density at radius 1 is 1.37 bits per heavy atom. The van der Waals surface area contributed by atoms with Gasteiger partial charge in [0.1, 0.15) is 4.90 Å². The van der Waals surface area contributed by atoms with Crippen LogP contribution in [0.4, 0.5) is 5.82 Å². The van der Waals surface area contributed by atoms with Crippen molar-refractivity contribution in [1.29, 1.82) is 0 Å². The van der Waals surface area contributed by atoms with E-state index in [0.29, 0.717) is 31.5 Å². The molecule has 0 bridgehead atoms. The first-order chi connectivity index (χ1) is 8.86. The summed E-state index contributed by atoms with van der Waals surface area (Å²) in [4.78, 5) is 0.141. The van der Waals surface area contributed by atoms with Gasteiger partial charge in [-0.1, -0.05) is 20.8 Å². The van der Waals surface area contributed by atoms with Gasteiger partial charge in [-0.05, 0) is 18.3 Å². The van der Waals surface area contributed by atoms with Crippen LogP contribution in [-0.4, -0.2) is 35.6 Å². The molecule has 1 saturated heterocycles. The molecule has 1 aliphatic rings. The number of rotatable bonds is 4. The lowest BCUT2D eigenvalue weighted by atomic mass is 10.0. The minimum absolute atomic E-state index is 0.0978. The van der Waals surface area contributed by atoms with Crippen LogP contribution in [0.2, 0.25) is 0 Å². The Morgan fingerprint density at radius 3 is 2.47 bits per heavy atom. The maximum atomic E-state index is 12.6. The van der Waals surface area contributed by atoms with Crippen molar-refractivity contribution in [1.82, 2.24) is 14.1 Å². The molecule has 0 aromatic carbocycles. The van der Waals surface area contributed by atoms with Crippen LogP contribution in [0.25, 0.3) is 0 Å².